The van der Waals surface area contributed by atoms with Crippen molar-refractivity contribution in [3.8, 4) is 5.75 Å². The predicted octanol–water partition coefficient (Wildman–Crippen LogP) is 5.18. The summed E-state index contributed by atoms with van der Waals surface area (Å²) >= 11 is 1.12. The molecule has 0 aliphatic carbocycles. The maximum absolute atomic E-state index is 12.8. The fraction of sp³-hybridized carbons (Fsp3) is 0.174. The summed E-state index contributed by atoms with van der Waals surface area (Å²) in [5.74, 6) is 0.899. The maximum Gasteiger partial charge on any atom is 0.271 e. The highest BCUT2D eigenvalue weighted by Crippen LogP contribution is 2.31. The van der Waals surface area contributed by atoms with Crippen molar-refractivity contribution < 1.29 is 22.4 Å². The number of carbonyl (C=O) groups is 1. The summed E-state index contributed by atoms with van der Waals surface area (Å²) in [6.45, 7) is 4.24. The molecule has 1 unspecified atom stereocenters. The quantitative estimate of drug-likeness (QED) is 0.370. The number of carbonyl (C=O) groups excluding carboxylic acids is 1. The molecule has 2 aromatic carbocycles. The molecule has 7 nitrogen and oxygen atoms in total. The molecule has 166 valence electrons. The summed E-state index contributed by atoms with van der Waals surface area (Å²) in [6, 6.07) is 16.6. The van der Waals surface area contributed by atoms with Crippen LogP contribution in [-0.4, -0.2) is 20.9 Å². The van der Waals surface area contributed by atoms with Gasteiger partial charge < -0.3 is 14.5 Å². The van der Waals surface area contributed by atoms with E-state index in [1.807, 2.05) is 38.1 Å². The van der Waals surface area contributed by atoms with E-state index >= 15 is 0 Å². The molecule has 1 atom stereocenters. The monoisotopic (exact) mass is 470 g/mol. The third-order valence-electron chi connectivity index (χ3n) is 4.74. The molecule has 1 amide bonds. The van der Waals surface area contributed by atoms with Gasteiger partial charge >= 0.3 is 0 Å². The average Bonchev–Trinajstić information content (AvgIpc) is 3.45. The molecule has 0 saturated carbocycles. The fourth-order valence-electron chi connectivity index (χ4n) is 3.24. The Kier molecular flexibility index (Phi) is 6.20. The Labute approximate surface area is 190 Å². The van der Waals surface area contributed by atoms with E-state index in [0.717, 1.165) is 16.7 Å². The second-order valence-electron chi connectivity index (χ2n) is 7.07. The molecule has 0 aliphatic heterocycles. The number of rotatable bonds is 8. The number of hydrogen-bond acceptors (Lipinski definition) is 6. The third-order valence-corrected chi connectivity index (χ3v) is 7.52. The summed E-state index contributed by atoms with van der Waals surface area (Å²) in [6.07, 6.45) is 0. The van der Waals surface area contributed by atoms with Crippen molar-refractivity contribution in [2.75, 3.05) is 11.3 Å². The van der Waals surface area contributed by atoms with E-state index in [9.17, 15) is 13.2 Å². The lowest BCUT2D eigenvalue weighted by molar-refractivity contribution is 0.0935. The largest absolute Gasteiger partial charge is 0.490 e. The van der Waals surface area contributed by atoms with Crippen molar-refractivity contribution in [3.63, 3.8) is 0 Å². The first-order valence-corrected chi connectivity index (χ1v) is 12.4. The second-order valence-corrected chi connectivity index (χ2v) is 9.93. The van der Waals surface area contributed by atoms with Crippen LogP contribution < -0.4 is 14.8 Å². The van der Waals surface area contributed by atoms with E-state index in [0.29, 0.717) is 35.0 Å². The molecule has 4 rings (SSSR count). The SMILES string of the molecule is CCOc1cccc2cc(C(C)NC(=O)c3cccc(NS(=O)(=O)c4cccs4)c3)oc12. The van der Waals surface area contributed by atoms with E-state index in [-0.39, 0.29) is 10.1 Å². The maximum atomic E-state index is 12.8. The van der Waals surface area contributed by atoms with Crippen LogP contribution >= 0.6 is 11.3 Å². The molecule has 0 fully saturated rings. The number of fused-ring (bicyclic) bond motifs is 1. The third kappa shape index (κ3) is 4.63. The number of nitrogens with one attached hydrogen (secondary N) is 2. The zero-order valence-corrected chi connectivity index (χ0v) is 19.1. The number of sulfonamides is 1. The van der Waals surface area contributed by atoms with Crippen molar-refractivity contribution in [1.82, 2.24) is 5.32 Å². The van der Waals surface area contributed by atoms with Gasteiger partial charge in [-0.15, -0.1) is 11.3 Å². The lowest BCUT2D eigenvalue weighted by atomic mass is 10.1. The molecule has 0 bridgehead atoms. The topological polar surface area (TPSA) is 97.6 Å². The molecule has 2 aromatic heterocycles. The van der Waals surface area contributed by atoms with Crippen LogP contribution in [0.5, 0.6) is 5.75 Å². The molecule has 4 aromatic rings. The van der Waals surface area contributed by atoms with Gasteiger partial charge in [-0.05, 0) is 55.6 Å². The summed E-state index contributed by atoms with van der Waals surface area (Å²) in [5, 5.41) is 5.47. The van der Waals surface area contributed by atoms with Crippen LogP contribution in [0.15, 0.2) is 74.7 Å². The number of para-hydroxylation sites is 1. The molecule has 0 aliphatic rings. The Bertz CT molecular complexity index is 1340. The number of hydrogen-bond donors (Lipinski definition) is 2. The summed E-state index contributed by atoms with van der Waals surface area (Å²) in [7, 11) is -3.69. The van der Waals surface area contributed by atoms with Gasteiger partial charge in [0.2, 0.25) is 0 Å². The smallest absolute Gasteiger partial charge is 0.271 e. The minimum absolute atomic E-state index is 0.206. The van der Waals surface area contributed by atoms with Crippen molar-refractivity contribution in [2.45, 2.75) is 24.1 Å². The summed E-state index contributed by atoms with van der Waals surface area (Å²) in [4.78, 5) is 12.8. The fourth-order valence-corrected chi connectivity index (χ4v) is 5.28. The molecule has 2 heterocycles. The van der Waals surface area contributed by atoms with Crippen molar-refractivity contribution in [3.05, 3.63) is 77.4 Å². The standard InChI is InChI=1S/C23H22N2O5S2/c1-3-29-19-10-5-7-16-14-20(30-22(16)19)15(2)24-23(26)17-8-4-9-18(13-17)25-32(27,28)21-11-6-12-31-21/h4-15,25H,3H2,1-2H3,(H,24,26). The Morgan fingerprint density at radius 2 is 1.94 bits per heavy atom. The first-order chi connectivity index (χ1) is 15.4. The number of thiophene rings is 1. The van der Waals surface area contributed by atoms with Gasteiger partial charge in [0, 0.05) is 16.6 Å². The van der Waals surface area contributed by atoms with E-state index in [1.165, 1.54) is 12.1 Å². The molecule has 0 radical (unpaired) electrons. The van der Waals surface area contributed by atoms with Crippen molar-refractivity contribution >= 4 is 43.9 Å². The number of amides is 1. The zero-order chi connectivity index (χ0) is 22.7. The van der Waals surface area contributed by atoms with Crippen LogP contribution in [0.1, 0.15) is 36.0 Å². The molecular weight excluding hydrogens is 448 g/mol. The normalized spacial score (nSPS) is 12.4. The average molecular weight is 471 g/mol. The van der Waals surface area contributed by atoms with Crippen molar-refractivity contribution in [1.29, 1.82) is 0 Å². The Morgan fingerprint density at radius 1 is 1.12 bits per heavy atom. The Hall–Kier alpha value is -3.30. The number of benzene rings is 2. The molecule has 32 heavy (non-hydrogen) atoms. The van der Waals surface area contributed by atoms with Crippen LogP contribution in [-0.2, 0) is 10.0 Å². The molecule has 0 saturated heterocycles. The van der Waals surface area contributed by atoms with Gasteiger partial charge in [-0.2, -0.15) is 0 Å². The minimum Gasteiger partial charge on any atom is -0.490 e. The Balaban J connectivity index is 1.50. The molecule has 0 spiro atoms. The predicted molar refractivity (Wildman–Crippen MR) is 125 cm³/mol. The van der Waals surface area contributed by atoms with Crippen LogP contribution in [0.2, 0.25) is 0 Å². The highest BCUT2D eigenvalue weighted by molar-refractivity contribution is 7.94. The van der Waals surface area contributed by atoms with Gasteiger partial charge in [0.15, 0.2) is 11.3 Å². The highest BCUT2D eigenvalue weighted by atomic mass is 32.2. The second kappa shape index (κ2) is 9.05. The van der Waals surface area contributed by atoms with Crippen LogP contribution in [0, 0.1) is 0 Å². The molecular formula is C23H22N2O5S2. The summed E-state index contributed by atoms with van der Waals surface area (Å²) < 4.78 is 39.2. The van der Waals surface area contributed by atoms with Crippen LogP contribution in [0.3, 0.4) is 0 Å². The zero-order valence-electron chi connectivity index (χ0n) is 17.5. The van der Waals surface area contributed by atoms with E-state index in [4.69, 9.17) is 9.15 Å². The van der Waals surface area contributed by atoms with Crippen molar-refractivity contribution in [2.24, 2.45) is 0 Å². The van der Waals surface area contributed by atoms with Gasteiger partial charge in [0.05, 0.1) is 12.6 Å². The van der Waals surface area contributed by atoms with E-state index in [1.54, 1.807) is 29.6 Å². The van der Waals surface area contributed by atoms with Gasteiger partial charge in [0.25, 0.3) is 15.9 Å². The van der Waals surface area contributed by atoms with E-state index < -0.39 is 16.1 Å². The van der Waals surface area contributed by atoms with Gasteiger partial charge in [-0.3, -0.25) is 9.52 Å². The number of anilines is 1. The lowest BCUT2D eigenvalue weighted by Gasteiger charge is -2.13. The van der Waals surface area contributed by atoms with Crippen LogP contribution in [0.4, 0.5) is 5.69 Å². The number of ether oxygens (including phenoxy) is 1. The lowest BCUT2D eigenvalue weighted by Crippen LogP contribution is -2.26. The van der Waals surface area contributed by atoms with Gasteiger partial charge in [-0.1, -0.05) is 24.3 Å². The molecule has 9 heteroatoms. The minimum atomic E-state index is -3.69. The number of furan rings is 1. The van der Waals surface area contributed by atoms with Gasteiger partial charge in [0.1, 0.15) is 9.97 Å². The first kappa shape index (κ1) is 21.9. The van der Waals surface area contributed by atoms with E-state index in [2.05, 4.69) is 10.0 Å². The highest BCUT2D eigenvalue weighted by Gasteiger charge is 2.19. The molecule has 2 N–H and O–H groups in total. The summed E-state index contributed by atoms with van der Waals surface area (Å²) in [5.41, 5.74) is 1.27. The Morgan fingerprint density at radius 3 is 2.69 bits per heavy atom. The first-order valence-electron chi connectivity index (χ1n) is 10.00. The van der Waals surface area contributed by atoms with Crippen LogP contribution in [0.25, 0.3) is 11.0 Å². The van der Waals surface area contributed by atoms with Gasteiger partial charge in [-0.25, -0.2) is 8.42 Å².